The minimum atomic E-state index is -0.401. The summed E-state index contributed by atoms with van der Waals surface area (Å²) in [5.74, 6) is 0.687. The summed E-state index contributed by atoms with van der Waals surface area (Å²) in [4.78, 5) is 11.7. The van der Waals surface area contributed by atoms with Gasteiger partial charge < -0.3 is 9.84 Å². The largest absolute Gasteiger partial charge is 0.360 e. The van der Waals surface area contributed by atoms with Crippen LogP contribution >= 0.6 is 0 Å². The molecule has 1 aromatic carbocycles. The van der Waals surface area contributed by atoms with E-state index >= 15 is 0 Å². The van der Waals surface area contributed by atoms with Crippen LogP contribution in [0.5, 0.6) is 0 Å². The highest BCUT2D eigenvalue weighted by Crippen LogP contribution is 2.10. The van der Waals surface area contributed by atoms with E-state index in [0.717, 1.165) is 0 Å². The first-order chi connectivity index (χ1) is 9.54. The number of hydrogen-bond acceptors (Lipinski definition) is 3. The average molecular weight is 277 g/mol. The van der Waals surface area contributed by atoms with E-state index in [2.05, 4.69) is 15.8 Å². The zero-order valence-corrected chi connectivity index (χ0v) is 11.3. The van der Waals surface area contributed by atoms with Crippen molar-refractivity contribution >= 4 is 11.8 Å². The lowest BCUT2D eigenvalue weighted by Gasteiger charge is -2.14. The smallest absolute Gasteiger partial charge is 0.320 e. The summed E-state index contributed by atoms with van der Waals surface area (Å²) in [5.41, 5.74) is 0.567. The van der Waals surface area contributed by atoms with Gasteiger partial charge in [0.25, 0.3) is 0 Å². The number of benzene rings is 1. The summed E-state index contributed by atoms with van der Waals surface area (Å²) in [6.07, 6.45) is 0.415. The number of carbonyl (C=O) groups excluding carboxylic acids is 1. The number of urea groups is 1. The number of nitrogens with zero attached hydrogens (tertiary/aromatic N) is 1. The first-order valence-corrected chi connectivity index (χ1v) is 6.29. The Morgan fingerprint density at radius 2 is 2.20 bits per heavy atom. The standard InChI is InChI=1S/C14H16FN3O2/c1-9(7-11-5-3-4-6-12(11)15)16-14(19)17-13-8-10(2)20-18-13/h3-6,8-9H,7H2,1-2H3,(H2,16,17,18,19). The predicted molar refractivity (Wildman–Crippen MR) is 73.0 cm³/mol. The van der Waals surface area contributed by atoms with E-state index < -0.39 is 6.03 Å². The molecule has 20 heavy (non-hydrogen) atoms. The second-order valence-corrected chi connectivity index (χ2v) is 4.62. The maximum absolute atomic E-state index is 13.5. The van der Waals surface area contributed by atoms with E-state index in [1.165, 1.54) is 6.07 Å². The van der Waals surface area contributed by atoms with Crippen LogP contribution in [0.4, 0.5) is 15.0 Å². The van der Waals surface area contributed by atoms with Gasteiger partial charge in [0.05, 0.1) is 0 Å². The van der Waals surface area contributed by atoms with Crippen LogP contribution in [-0.4, -0.2) is 17.2 Å². The molecule has 0 aliphatic rings. The van der Waals surface area contributed by atoms with Crippen molar-refractivity contribution in [3.63, 3.8) is 0 Å². The van der Waals surface area contributed by atoms with Crippen LogP contribution in [0.25, 0.3) is 0 Å². The van der Waals surface area contributed by atoms with Crippen molar-refractivity contribution in [1.29, 1.82) is 0 Å². The number of carbonyl (C=O) groups is 1. The zero-order chi connectivity index (χ0) is 14.5. The molecule has 0 radical (unpaired) electrons. The van der Waals surface area contributed by atoms with Crippen LogP contribution in [0.1, 0.15) is 18.2 Å². The van der Waals surface area contributed by atoms with E-state index in [1.807, 2.05) is 0 Å². The lowest BCUT2D eigenvalue weighted by atomic mass is 10.1. The van der Waals surface area contributed by atoms with Gasteiger partial charge in [0.1, 0.15) is 11.6 Å². The van der Waals surface area contributed by atoms with Gasteiger partial charge in [-0.1, -0.05) is 23.4 Å². The summed E-state index contributed by atoms with van der Waals surface area (Å²) in [6, 6.07) is 7.51. The lowest BCUT2D eigenvalue weighted by molar-refractivity contribution is 0.249. The van der Waals surface area contributed by atoms with Crippen molar-refractivity contribution in [2.75, 3.05) is 5.32 Å². The molecule has 2 aromatic rings. The average Bonchev–Trinajstić information content (AvgIpc) is 2.77. The Morgan fingerprint density at radius 3 is 2.85 bits per heavy atom. The molecule has 0 fully saturated rings. The summed E-state index contributed by atoms with van der Waals surface area (Å²) in [7, 11) is 0. The number of nitrogens with one attached hydrogen (secondary N) is 2. The molecule has 0 spiro atoms. The summed E-state index contributed by atoms with van der Waals surface area (Å²) < 4.78 is 18.3. The fourth-order valence-corrected chi connectivity index (χ4v) is 1.85. The van der Waals surface area contributed by atoms with Crippen molar-refractivity contribution in [3.8, 4) is 0 Å². The van der Waals surface area contributed by atoms with Crippen LogP contribution in [0.3, 0.4) is 0 Å². The summed E-state index contributed by atoms with van der Waals surface area (Å²) in [6.45, 7) is 3.54. The number of aryl methyl sites for hydroxylation is 1. The van der Waals surface area contributed by atoms with Gasteiger partial charge in [-0.15, -0.1) is 0 Å². The molecule has 1 heterocycles. The van der Waals surface area contributed by atoms with Gasteiger partial charge in [0.2, 0.25) is 0 Å². The minimum Gasteiger partial charge on any atom is -0.360 e. The third-order valence-electron chi connectivity index (χ3n) is 2.73. The minimum absolute atomic E-state index is 0.208. The van der Waals surface area contributed by atoms with Crippen molar-refractivity contribution in [3.05, 3.63) is 47.5 Å². The van der Waals surface area contributed by atoms with Gasteiger partial charge in [-0.3, -0.25) is 5.32 Å². The normalized spacial score (nSPS) is 11.9. The first-order valence-electron chi connectivity index (χ1n) is 6.29. The Morgan fingerprint density at radius 1 is 1.45 bits per heavy atom. The van der Waals surface area contributed by atoms with Crippen molar-refractivity contribution in [2.45, 2.75) is 26.3 Å². The van der Waals surface area contributed by atoms with Crippen molar-refractivity contribution in [1.82, 2.24) is 10.5 Å². The Balaban J connectivity index is 1.86. The van der Waals surface area contributed by atoms with E-state index in [-0.39, 0.29) is 11.9 Å². The molecule has 0 saturated heterocycles. The third kappa shape index (κ3) is 3.81. The number of aromatic nitrogens is 1. The van der Waals surface area contributed by atoms with Gasteiger partial charge in [-0.05, 0) is 31.9 Å². The molecule has 6 heteroatoms. The predicted octanol–water partition coefficient (Wildman–Crippen LogP) is 2.87. The second kappa shape index (κ2) is 6.18. The Labute approximate surface area is 116 Å². The molecule has 1 aromatic heterocycles. The first kappa shape index (κ1) is 14.0. The van der Waals surface area contributed by atoms with Crippen LogP contribution < -0.4 is 10.6 Å². The Hall–Kier alpha value is -2.37. The summed E-state index contributed by atoms with van der Waals surface area (Å²) >= 11 is 0. The topological polar surface area (TPSA) is 67.2 Å². The van der Waals surface area contributed by atoms with E-state index in [4.69, 9.17) is 4.52 Å². The zero-order valence-electron chi connectivity index (χ0n) is 11.3. The van der Waals surface area contributed by atoms with Crippen molar-refractivity contribution in [2.24, 2.45) is 0 Å². The molecule has 0 bridgehead atoms. The monoisotopic (exact) mass is 277 g/mol. The third-order valence-corrected chi connectivity index (χ3v) is 2.73. The number of hydrogen-bond donors (Lipinski definition) is 2. The molecule has 0 saturated carbocycles. The molecular weight excluding hydrogens is 261 g/mol. The van der Waals surface area contributed by atoms with E-state index in [1.54, 1.807) is 38.1 Å². The van der Waals surface area contributed by atoms with Crippen LogP contribution in [0.2, 0.25) is 0 Å². The van der Waals surface area contributed by atoms with E-state index in [9.17, 15) is 9.18 Å². The SMILES string of the molecule is Cc1cc(NC(=O)NC(C)Cc2ccccc2F)no1. The number of rotatable bonds is 4. The Kier molecular flexibility index (Phi) is 4.34. The number of anilines is 1. The molecule has 0 aliphatic heterocycles. The fraction of sp³-hybridized carbons (Fsp3) is 0.286. The molecule has 106 valence electrons. The lowest BCUT2D eigenvalue weighted by Crippen LogP contribution is -2.37. The second-order valence-electron chi connectivity index (χ2n) is 4.62. The molecule has 1 atom stereocenters. The maximum atomic E-state index is 13.5. The van der Waals surface area contributed by atoms with Gasteiger partial charge in [-0.2, -0.15) is 0 Å². The van der Waals surface area contributed by atoms with Gasteiger partial charge >= 0.3 is 6.03 Å². The highest BCUT2D eigenvalue weighted by atomic mass is 19.1. The molecule has 2 rings (SSSR count). The van der Waals surface area contributed by atoms with Gasteiger partial charge in [0, 0.05) is 12.1 Å². The molecular formula is C14H16FN3O2. The Bertz CT molecular complexity index is 598. The molecule has 2 N–H and O–H groups in total. The highest BCUT2D eigenvalue weighted by Gasteiger charge is 2.11. The number of halogens is 1. The van der Waals surface area contributed by atoms with Crippen LogP contribution in [0.15, 0.2) is 34.9 Å². The summed E-state index contributed by atoms with van der Waals surface area (Å²) in [5, 5.41) is 8.91. The molecule has 1 unspecified atom stereocenters. The van der Waals surface area contributed by atoms with Crippen LogP contribution in [0, 0.1) is 12.7 Å². The van der Waals surface area contributed by atoms with Crippen molar-refractivity contribution < 1.29 is 13.7 Å². The highest BCUT2D eigenvalue weighted by molar-refractivity contribution is 5.88. The van der Waals surface area contributed by atoms with Gasteiger partial charge in [-0.25, -0.2) is 9.18 Å². The molecule has 0 aliphatic carbocycles. The van der Waals surface area contributed by atoms with Crippen LogP contribution in [-0.2, 0) is 6.42 Å². The maximum Gasteiger partial charge on any atom is 0.320 e. The fourth-order valence-electron chi connectivity index (χ4n) is 1.85. The quantitative estimate of drug-likeness (QED) is 0.903. The van der Waals surface area contributed by atoms with Gasteiger partial charge in [0.15, 0.2) is 5.82 Å². The molecule has 5 nitrogen and oxygen atoms in total. The van der Waals surface area contributed by atoms with E-state index in [0.29, 0.717) is 23.6 Å². The number of amides is 2. The molecule has 2 amide bonds.